The first kappa shape index (κ1) is 15.4. The summed E-state index contributed by atoms with van der Waals surface area (Å²) < 4.78 is 5.37. The minimum absolute atomic E-state index is 0.141. The smallest absolute Gasteiger partial charge is 0.341 e. The number of ether oxygens (including phenoxy) is 1. The molecule has 4 heteroatoms. The second kappa shape index (κ2) is 6.76. The van der Waals surface area contributed by atoms with Crippen LogP contribution in [0.5, 0.6) is 11.5 Å². The SMILES string of the molecule is O=C(O)COc1ccc2ccccc2c1C#Cc1cccc(O)c1. The Bertz CT molecular complexity index is 964. The normalized spacial score (nSPS) is 10.0. The van der Waals surface area contributed by atoms with Crippen molar-refractivity contribution in [3.05, 3.63) is 71.8 Å². The summed E-state index contributed by atoms with van der Waals surface area (Å²) in [5.74, 6) is 5.54. The first-order chi connectivity index (χ1) is 11.6. The largest absolute Gasteiger partial charge is 0.508 e. The predicted octanol–water partition coefficient (Wildman–Crippen LogP) is 3.41. The van der Waals surface area contributed by atoms with Gasteiger partial charge in [-0.3, -0.25) is 0 Å². The fraction of sp³-hybridized carbons (Fsp3) is 0.0500. The number of benzene rings is 3. The van der Waals surface area contributed by atoms with Gasteiger partial charge >= 0.3 is 5.97 Å². The maximum Gasteiger partial charge on any atom is 0.341 e. The van der Waals surface area contributed by atoms with Crippen molar-refractivity contribution in [2.24, 2.45) is 0 Å². The van der Waals surface area contributed by atoms with Crippen LogP contribution >= 0.6 is 0 Å². The van der Waals surface area contributed by atoms with E-state index in [-0.39, 0.29) is 5.75 Å². The summed E-state index contributed by atoms with van der Waals surface area (Å²) in [7, 11) is 0. The van der Waals surface area contributed by atoms with E-state index in [0.29, 0.717) is 16.9 Å². The second-order valence-corrected chi connectivity index (χ2v) is 5.14. The zero-order valence-corrected chi connectivity index (χ0v) is 12.7. The maximum absolute atomic E-state index is 10.8. The molecule has 0 aliphatic heterocycles. The lowest BCUT2D eigenvalue weighted by molar-refractivity contribution is -0.139. The van der Waals surface area contributed by atoms with Crippen LogP contribution in [0.4, 0.5) is 0 Å². The van der Waals surface area contributed by atoms with Crippen molar-refractivity contribution < 1.29 is 19.7 Å². The van der Waals surface area contributed by atoms with E-state index >= 15 is 0 Å². The van der Waals surface area contributed by atoms with E-state index in [9.17, 15) is 9.90 Å². The molecule has 3 rings (SSSR count). The third-order valence-corrected chi connectivity index (χ3v) is 3.42. The minimum Gasteiger partial charge on any atom is -0.508 e. The molecular weight excluding hydrogens is 304 g/mol. The van der Waals surface area contributed by atoms with Gasteiger partial charge in [-0.15, -0.1) is 0 Å². The Kier molecular flexibility index (Phi) is 4.35. The number of hydrogen-bond acceptors (Lipinski definition) is 3. The van der Waals surface area contributed by atoms with Gasteiger partial charge < -0.3 is 14.9 Å². The number of hydrogen-bond donors (Lipinski definition) is 2. The molecule has 0 radical (unpaired) electrons. The number of fused-ring (bicyclic) bond motifs is 1. The molecule has 0 amide bonds. The highest BCUT2D eigenvalue weighted by molar-refractivity contribution is 5.90. The quantitative estimate of drug-likeness (QED) is 0.726. The zero-order chi connectivity index (χ0) is 16.9. The zero-order valence-electron chi connectivity index (χ0n) is 12.7. The van der Waals surface area contributed by atoms with Gasteiger partial charge in [-0.05, 0) is 29.7 Å². The Labute approximate surface area is 138 Å². The standard InChI is InChI=1S/C20H14O4/c21-16-6-3-4-14(12-16)8-10-18-17-7-2-1-5-15(17)9-11-19(18)24-13-20(22)23/h1-7,9,11-12,21H,13H2,(H,22,23). The van der Waals surface area contributed by atoms with Crippen molar-refractivity contribution in [1.82, 2.24) is 0 Å². The topological polar surface area (TPSA) is 66.8 Å². The lowest BCUT2D eigenvalue weighted by Crippen LogP contribution is -2.10. The van der Waals surface area contributed by atoms with Crippen LogP contribution in [0.15, 0.2) is 60.7 Å². The predicted molar refractivity (Wildman–Crippen MR) is 91.2 cm³/mol. The van der Waals surface area contributed by atoms with E-state index in [1.807, 2.05) is 30.3 Å². The number of carboxylic acids is 1. The molecule has 118 valence electrons. The van der Waals surface area contributed by atoms with E-state index in [1.54, 1.807) is 30.3 Å². The summed E-state index contributed by atoms with van der Waals surface area (Å²) in [6.45, 7) is -0.431. The van der Waals surface area contributed by atoms with Crippen LogP contribution in [-0.4, -0.2) is 22.8 Å². The lowest BCUT2D eigenvalue weighted by atomic mass is 10.0. The fourth-order valence-electron chi connectivity index (χ4n) is 2.36. The summed E-state index contributed by atoms with van der Waals surface area (Å²) in [4.78, 5) is 10.8. The van der Waals surface area contributed by atoms with Gasteiger partial charge in [-0.2, -0.15) is 0 Å². The molecule has 0 aliphatic rings. The molecular formula is C20H14O4. The Morgan fingerprint density at radius 2 is 1.83 bits per heavy atom. The highest BCUT2D eigenvalue weighted by Gasteiger charge is 2.08. The third kappa shape index (κ3) is 3.47. The van der Waals surface area contributed by atoms with Crippen molar-refractivity contribution in [3.63, 3.8) is 0 Å². The Balaban J connectivity index is 2.09. The Hall–Kier alpha value is -3.45. The fourth-order valence-corrected chi connectivity index (χ4v) is 2.36. The Morgan fingerprint density at radius 3 is 2.62 bits per heavy atom. The number of carbonyl (C=O) groups is 1. The van der Waals surface area contributed by atoms with Crippen LogP contribution in [0.1, 0.15) is 11.1 Å². The van der Waals surface area contributed by atoms with Crippen LogP contribution in [0, 0.1) is 11.8 Å². The van der Waals surface area contributed by atoms with Crippen LogP contribution in [-0.2, 0) is 4.79 Å². The number of aliphatic carboxylic acids is 1. The molecule has 4 nitrogen and oxygen atoms in total. The molecule has 2 N–H and O–H groups in total. The number of phenolic OH excluding ortho intramolecular Hbond substituents is 1. The van der Waals surface area contributed by atoms with E-state index in [1.165, 1.54) is 0 Å². The summed E-state index contributed by atoms with van der Waals surface area (Å²) in [5, 5.41) is 20.2. The maximum atomic E-state index is 10.8. The number of rotatable bonds is 3. The molecule has 3 aromatic rings. The Morgan fingerprint density at radius 1 is 1.00 bits per heavy atom. The van der Waals surface area contributed by atoms with Gasteiger partial charge in [0.2, 0.25) is 0 Å². The molecule has 0 saturated carbocycles. The molecule has 0 bridgehead atoms. The van der Waals surface area contributed by atoms with Crippen molar-refractivity contribution in [2.45, 2.75) is 0 Å². The molecule has 0 unspecified atom stereocenters. The van der Waals surface area contributed by atoms with E-state index in [2.05, 4.69) is 11.8 Å². The summed E-state index contributed by atoms with van der Waals surface area (Å²) >= 11 is 0. The molecule has 0 spiro atoms. The average molecular weight is 318 g/mol. The van der Waals surface area contributed by atoms with Crippen molar-refractivity contribution in [1.29, 1.82) is 0 Å². The molecule has 0 aliphatic carbocycles. The summed E-state index contributed by atoms with van der Waals surface area (Å²) in [6, 6.07) is 17.9. The van der Waals surface area contributed by atoms with Crippen molar-refractivity contribution in [3.8, 4) is 23.3 Å². The highest BCUT2D eigenvalue weighted by Crippen LogP contribution is 2.27. The third-order valence-electron chi connectivity index (χ3n) is 3.42. The van der Waals surface area contributed by atoms with Gasteiger partial charge in [0.1, 0.15) is 11.5 Å². The van der Waals surface area contributed by atoms with Crippen LogP contribution in [0.25, 0.3) is 10.8 Å². The summed E-state index contributed by atoms with van der Waals surface area (Å²) in [5.41, 5.74) is 1.28. The average Bonchev–Trinajstić information content (AvgIpc) is 2.58. The first-order valence-corrected chi connectivity index (χ1v) is 7.31. The molecule has 24 heavy (non-hydrogen) atoms. The summed E-state index contributed by atoms with van der Waals surface area (Å²) in [6.07, 6.45) is 0. The van der Waals surface area contributed by atoms with Crippen LogP contribution in [0.2, 0.25) is 0 Å². The van der Waals surface area contributed by atoms with Gasteiger partial charge in [0.15, 0.2) is 6.61 Å². The number of aromatic hydroxyl groups is 1. The van der Waals surface area contributed by atoms with E-state index < -0.39 is 12.6 Å². The van der Waals surface area contributed by atoms with Crippen LogP contribution in [0.3, 0.4) is 0 Å². The molecule has 0 saturated heterocycles. The molecule has 0 aromatic heterocycles. The number of phenols is 1. The van der Waals surface area contributed by atoms with Crippen LogP contribution < -0.4 is 4.74 Å². The molecule has 3 aromatic carbocycles. The second-order valence-electron chi connectivity index (χ2n) is 5.14. The van der Waals surface area contributed by atoms with Gasteiger partial charge in [0, 0.05) is 10.9 Å². The van der Waals surface area contributed by atoms with Gasteiger partial charge in [0.05, 0.1) is 5.56 Å². The van der Waals surface area contributed by atoms with Crippen molar-refractivity contribution >= 4 is 16.7 Å². The van der Waals surface area contributed by atoms with Gasteiger partial charge in [0.25, 0.3) is 0 Å². The number of carboxylic acid groups (broad SMARTS) is 1. The minimum atomic E-state index is -1.05. The first-order valence-electron chi connectivity index (χ1n) is 7.31. The molecule has 0 heterocycles. The monoisotopic (exact) mass is 318 g/mol. The molecule has 0 fully saturated rings. The highest BCUT2D eigenvalue weighted by atomic mass is 16.5. The molecule has 0 atom stereocenters. The van der Waals surface area contributed by atoms with Gasteiger partial charge in [-0.25, -0.2) is 4.79 Å². The van der Waals surface area contributed by atoms with E-state index in [4.69, 9.17) is 9.84 Å². The van der Waals surface area contributed by atoms with Crippen molar-refractivity contribution in [2.75, 3.05) is 6.61 Å². The lowest BCUT2D eigenvalue weighted by Gasteiger charge is -2.09. The van der Waals surface area contributed by atoms with E-state index in [0.717, 1.165) is 10.8 Å². The van der Waals surface area contributed by atoms with Gasteiger partial charge in [-0.1, -0.05) is 48.2 Å².